The topological polar surface area (TPSA) is 85.5 Å². The molecule has 2 heterocycles. The van der Waals surface area contributed by atoms with Gasteiger partial charge >= 0.3 is 5.97 Å². The molecule has 0 radical (unpaired) electrons. The van der Waals surface area contributed by atoms with E-state index in [1.54, 1.807) is 0 Å². The molecule has 1 aromatic carbocycles. The van der Waals surface area contributed by atoms with Crippen LogP contribution in [0.2, 0.25) is 5.02 Å². The average Bonchev–Trinajstić information content (AvgIpc) is 2.61. The number of hydrogen-bond acceptors (Lipinski definition) is 5. The van der Waals surface area contributed by atoms with Gasteiger partial charge in [0, 0.05) is 19.2 Å². The summed E-state index contributed by atoms with van der Waals surface area (Å²) in [6, 6.07) is 8.48. The maximum Gasteiger partial charge on any atom is 0.328 e. The zero-order valence-corrected chi connectivity index (χ0v) is 13.8. The first kappa shape index (κ1) is 16.3. The van der Waals surface area contributed by atoms with E-state index < -0.39 is 12.0 Å². The Kier molecular flexibility index (Phi) is 4.40. The number of hydrogen-bond donors (Lipinski definition) is 1. The lowest BCUT2D eigenvalue weighted by Gasteiger charge is -2.35. The van der Waals surface area contributed by atoms with Crippen molar-refractivity contribution in [2.45, 2.75) is 19.0 Å². The van der Waals surface area contributed by atoms with Crippen LogP contribution in [-0.4, -0.2) is 34.9 Å². The van der Waals surface area contributed by atoms with Crippen LogP contribution < -0.4 is 5.73 Å². The zero-order valence-electron chi connectivity index (χ0n) is 13.0. The Labute approximate surface area is 144 Å². The number of nitrogen functional groups attached to an aromatic ring is 1. The van der Waals surface area contributed by atoms with Crippen LogP contribution in [0.4, 0.5) is 5.82 Å². The summed E-state index contributed by atoms with van der Waals surface area (Å²) < 4.78 is 4.87. The smallest absolute Gasteiger partial charge is 0.328 e. The third-order valence-electron chi connectivity index (χ3n) is 4.10. The van der Waals surface area contributed by atoms with E-state index in [2.05, 4.69) is 4.98 Å². The number of esters is 1. The van der Waals surface area contributed by atoms with Crippen LogP contribution >= 0.6 is 11.6 Å². The summed E-state index contributed by atoms with van der Waals surface area (Å²) in [5.74, 6) is -0.636. The molecule has 1 aromatic heterocycles. The van der Waals surface area contributed by atoms with E-state index in [-0.39, 0.29) is 22.3 Å². The van der Waals surface area contributed by atoms with Gasteiger partial charge in [-0.1, -0.05) is 35.9 Å². The minimum absolute atomic E-state index is 0.154. The molecule has 0 spiro atoms. The summed E-state index contributed by atoms with van der Waals surface area (Å²) >= 11 is 5.95. The highest BCUT2D eigenvalue weighted by atomic mass is 35.5. The molecule has 0 saturated heterocycles. The standard InChI is InChI=1S/C17H16ClN3O3/c1-24-17(23)14-7-10-4-2-3-5-11(10)9-21(14)16(22)12-6-13(18)15(19)20-8-12/h2-6,8,14H,7,9H2,1H3,(H2,19,20)/t14-/m0/s1. The first-order valence-electron chi connectivity index (χ1n) is 7.38. The zero-order chi connectivity index (χ0) is 17.3. The molecule has 0 saturated carbocycles. The molecular formula is C17H16ClN3O3. The molecule has 124 valence electrons. The Morgan fingerprint density at radius 1 is 1.33 bits per heavy atom. The van der Waals surface area contributed by atoms with Gasteiger partial charge in [-0.15, -0.1) is 0 Å². The molecule has 3 rings (SSSR count). The second kappa shape index (κ2) is 6.49. The first-order chi connectivity index (χ1) is 11.5. The monoisotopic (exact) mass is 345 g/mol. The fourth-order valence-electron chi connectivity index (χ4n) is 2.81. The Balaban J connectivity index is 1.98. The van der Waals surface area contributed by atoms with Crippen LogP contribution in [-0.2, 0) is 22.5 Å². The maximum atomic E-state index is 12.9. The number of nitrogens with zero attached hydrogens (tertiary/aromatic N) is 2. The van der Waals surface area contributed by atoms with Crippen molar-refractivity contribution in [2.24, 2.45) is 0 Å². The number of rotatable bonds is 2. The predicted molar refractivity (Wildman–Crippen MR) is 89.5 cm³/mol. The lowest BCUT2D eigenvalue weighted by atomic mass is 9.93. The minimum atomic E-state index is -0.686. The number of methoxy groups -OCH3 is 1. The highest BCUT2D eigenvalue weighted by Gasteiger charge is 2.35. The van der Waals surface area contributed by atoms with E-state index >= 15 is 0 Å². The van der Waals surface area contributed by atoms with E-state index in [1.165, 1.54) is 24.3 Å². The van der Waals surface area contributed by atoms with Crippen molar-refractivity contribution in [1.82, 2.24) is 9.88 Å². The van der Waals surface area contributed by atoms with Gasteiger partial charge in [0.25, 0.3) is 5.91 Å². The molecule has 7 heteroatoms. The van der Waals surface area contributed by atoms with Crippen LogP contribution in [0.1, 0.15) is 21.5 Å². The fourth-order valence-corrected chi connectivity index (χ4v) is 2.98. The van der Waals surface area contributed by atoms with Gasteiger partial charge < -0.3 is 15.4 Å². The van der Waals surface area contributed by atoms with E-state index in [0.717, 1.165) is 11.1 Å². The van der Waals surface area contributed by atoms with E-state index in [9.17, 15) is 9.59 Å². The average molecular weight is 346 g/mol. The van der Waals surface area contributed by atoms with Crippen LogP contribution in [0.3, 0.4) is 0 Å². The molecule has 0 unspecified atom stereocenters. The van der Waals surface area contributed by atoms with E-state index in [0.29, 0.717) is 13.0 Å². The number of anilines is 1. The second-order valence-corrected chi connectivity index (χ2v) is 5.94. The van der Waals surface area contributed by atoms with Crippen LogP contribution in [0, 0.1) is 0 Å². The highest BCUT2D eigenvalue weighted by molar-refractivity contribution is 6.33. The maximum absolute atomic E-state index is 12.9. The van der Waals surface area contributed by atoms with Crippen molar-refractivity contribution in [1.29, 1.82) is 0 Å². The number of fused-ring (bicyclic) bond motifs is 1. The van der Waals surface area contributed by atoms with E-state index in [1.807, 2.05) is 24.3 Å². The summed E-state index contributed by atoms with van der Waals surface area (Å²) in [4.78, 5) is 30.4. The molecule has 2 aromatic rings. The first-order valence-corrected chi connectivity index (χ1v) is 7.75. The molecule has 24 heavy (non-hydrogen) atoms. The molecule has 1 aliphatic heterocycles. The van der Waals surface area contributed by atoms with Crippen molar-refractivity contribution in [3.63, 3.8) is 0 Å². The van der Waals surface area contributed by atoms with Crippen LogP contribution in [0.25, 0.3) is 0 Å². The summed E-state index contributed by atoms with van der Waals surface area (Å²) in [5.41, 5.74) is 7.90. The van der Waals surface area contributed by atoms with Crippen molar-refractivity contribution in [3.8, 4) is 0 Å². The predicted octanol–water partition coefficient (Wildman–Crippen LogP) is 2.06. The molecule has 1 atom stereocenters. The molecule has 0 bridgehead atoms. The summed E-state index contributed by atoms with van der Waals surface area (Å²) in [6.07, 6.45) is 1.77. The number of benzene rings is 1. The Morgan fingerprint density at radius 3 is 2.71 bits per heavy atom. The summed E-state index contributed by atoms with van der Waals surface area (Å²) in [7, 11) is 1.31. The number of halogens is 1. The SMILES string of the molecule is COC(=O)[C@@H]1Cc2ccccc2CN1C(=O)c1cnc(N)c(Cl)c1. The number of aromatic nitrogens is 1. The van der Waals surface area contributed by atoms with Crippen LogP contribution in [0.5, 0.6) is 0 Å². The Bertz CT molecular complexity index is 809. The van der Waals surface area contributed by atoms with Crippen molar-refractivity contribution in [3.05, 3.63) is 58.2 Å². The number of pyridine rings is 1. The van der Waals surface area contributed by atoms with Gasteiger partial charge in [-0.25, -0.2) is 9.78 Å². The third kappa shape index (κ3) is 2.92. The fraction of sp³-hybridized carbons (Fsp3) is 0.235. The number of carbonyl (C=O) groups is 2. The largest absolute Gasteiger partial charge is 0.467 e. The van der Waals surface area contributed by atoms with Gasteiger partial charge in [-0.3, -0.25) is 4.79 Å². The Morgan fingerprint density at radius 2 is 2.04 bits per heavy atom. The third-order valence-corrected chi connectivity index (χ3v) is 4.40. The van der Waals surface area contributed by atoms with Gasteiger partial charge in [0.05, 0.1) is 17.7 Å². The van der Waals surface area contributed by atoms with Gasteiger partial charge in [-0.05, 0) is 17.2 Å². The molecule has 1 aliphatic rings. The van der Waals surface area contributed by atoms with Gasteiger partial charge in [-0.2, -0.15) is 0 Å². The summed E-state index contributed by atoms with van der Waals surface area (Å²) in [5, 5.41) is 0.202. The van der Waals surface area contributed by atoms with Gasteiger partial charge in [0.15, 0.2) is 0 Å². The quantitative estimate of drug-likeness (QED) is 0.842. The van der Waals surface area contributed by atoms with Crippen LogP contribution in [0.15, 0.2) is 36.5 Å². The van der Waals surface area contributed by atoms with Crippen molar-refractivity contribution >= 4 is 29.3 Å². The van der Waals surface area contributed by atoms with Crippen molar-refractivity contribution < 1.29 is 14.3 Å². The minimum Gasteiger partial charge on any atom is -0.467 e. The lowest BCUT2D eigenvalue weighted by Crippen LogP contribution is -2.49. The van der Waals surface area contributed by atoms with Gasteiger partial charge in [0.2, 0.25) is 0 Å². The second-order valence-electron chi connectivity index (χ2n) is 5.54. The molecule has 6 nitrogen and oxygen atoms in total. The van der Waals surface area contributed by atoms with E-state index in [4.69, 9.17) is 22.1 Å². The molecule has 2 N–H and O–H groups in total. The van der Waals surface area contributed by atoms with Crippen molar-refractivity contribution in [2.75, 3.05) is 12.8 Å². The molecule has 0 aliphatic carbocycles. The highest BCUT2D eigenvalue weighted by Crippen LogP contribution is 2.26. The number of ether oxygens (including phenoxy) is 1. The Hall–Kier alpha value is -2.60. The molecular weight excluding hydrogens is 330 g/mol. The normalized spacial score (nSPS) is 16.4. The molecule has 0 fully saturated rings. The lowest BCUT2D eigenvalue weighted by molar-refractivity contribution is -0.146. The number of carbonyl (C=O) groups excluding carboxylic acids is 2. The van der Waals surface area contributed by atoms with Gasteiger partial charge in [0.1, 0.15) is 11.9 Å². The number of amides is 1. The number of nitrogens with two attached hydrogens (primary N) is 1. The summed E-state index contributed by atoms with van der Waals surface area (Å²) in [6.45, 7) is 0.316. The molecule has 1 amide bonds.